The summed E-state index contributed by atoms with van der Waals surface area (Å²) in [6.45, 7) is 4.86. The summed E-state index contributed by atoms with van der Waals surface area (Å²) in [5.74, 6) is 0.805. The molecule has 0 saturated carbocycles. The molecular formula is C20H32ClN5O2. The van der Waals surface area contributed by atoms with Crippen LogP contribution in [-0.2, 0) is 4.74 Å². The van der Waals surface area contributed by atoms with Crippen LogP contribution >= 0.6 is 11.6 Å². The van der Waals surface area contributed by atoms with Crippen LogP contribution in [0.15, 0.2) is 29.3 Å². The Kier molecular flexibility index (Phi) is 8.86. The molecule has 1 aliphatic rings. The number of amides is 1. The molecule has 1 heterocycles. The number of methoxy groups -OCH3 is 1. The molecule has 8 heteroatoms. The number of nitrogens with zero attached hydrogens (tertiary/aromatic N) is 3. The van der Waals surface area contributed by atoms with Crippen molar-refractivity contribution in [2.75, 3.05) is 47.4 Å². The number of likely N-dealkylation sites (N-methyl/N-ethyl adjacent to an activating group) is 1. The number of rotatable bonds is 6. The highest BCUT2D eigenvalue weighted by Crippen LogP contribution is 2.21. The van der Waals surface area contributed by atoms with E-state index in [9.17, 15) is 4.79 Å². The lowest BCUT2D eigenvalue weighted by Gasteiger charge is -2.32. The summed E-state index contributed by atoms with van der Waals surface area (Å²) >= 11 is 6.02. The van der Waals surface area contributed by atoms with Gasteiger partial charge in [0.15, 0.2) is 5.96 Å². The van der Waals surface area contributed by atoms with Gasteiger partial charge in [-0.15, -0.1) is 0 Å². The molecule has 1 aliphatic heterocycles. The van der Waals surface area contributed by atoms with E-state index >= 15 is 0 Å². The Morgan fingerprint density at radius 2 is 1.96 bits per heavy atom. The molecule has 0 radical (unpaired) electrons. The zero-order chi connectivity index (χ0) is 20.5. The number of piperidine rings is 1. The minimum absolute atomic E-state index is 0.161. The van der Waals surface area contributed by atoms with Crippen LogP contribution in [0.5, 0.6) is 0 Å². The zero-order valence-corrected chi connectivity index (χ0v) is 18.0. The summed E-state index contributed by atoms with van der Waals surface area (Å²) in [5, 5.41) is 7.57. The Balaban J connectivity index is 1.98. The molecule has 28 heavy (non-hydrogen) atoms. The van der Waals surface area contributed by atoms with Crippen molar-refractivity contribution in [2.45, 2.75) is 31.8 Å². The lowest BCUT2D eigenvalue weighted by atomic mass is 10.1. The van der Waals surface area contributed by atoms with Crippen LogP contribution in [0, 0.1) is 0 Å². The van der Waals surface area contributed by atoms with Gasteiger partial charge in [0.1, 0.15) is 0 Å². The van der Waals surface area contributed by atoms with Gasteiger partial charge in [-0.1, -0.05) is 23.7 Å². The monoisotopic (exact) mass is 409 g/mol. The van der Waals surface area contributed by atoms with E-state index in [0.29, 0.717) is 19.6 Å². The first-order valence-electron chi connectivity index (χ1n) is 9.74. The number of carbonyl (C=O) groups excluding carboxylic acids is 1. The lowest BCUT2D eigenvalue weighted by Crippen LogP contribution is -2.50. The molecule has 0 aliphatic carbocycles. The molecule has 0 bridgehead atoms. The molecule has 7 nitrogen and oxygen atoms in total. The van der Waals surface area contributed by atoms with Gasteiger partial charge in [-0.2, -0.15) is 0 Å². The van der Waals surface area contributed by atoms with Crippen LogP contribution < -0.4 is 10.6 Å². The molecule has 1 atom stereocenters. The van der Waals surface area contributed by atoms with Crippen LogP contribution in [0.25, 0.3) is 0 Å². The van der Waals surface area contributed by atoms with E-state index in [1.807, 2.05) is 24.3 Å². The molecule has 1 aromatic carbocycles. The van der Waals surface area contributed by atoms with Gasteiger partial charge < -0.3 is 25.2 Å². The van der Waals surface area contributed by atoms with Gasteiger partial charge in [-0.05, 0) is 51.6 Å². The maximum Gasteiger partial charge on any atom is 0.409 e. The van der Waals surface area contributed by atoms with Crippen molar-refractivity contribution in [3.05, 3.63) is 34.9 Å². The summed E-state index contributed by atoms with van der Waals surface area (Å²) in [5.41, 5.74) is 1.18. The van der Waals surface area contributed by atoms with Gasteiger partial charge in [0.05, 0.1) is 19.7 Å². The number of likely N-dealkylation sites (tertiary alicyclic amines) is 1. The normalized spacial score (nSPS) is 16.8. The summed E-state index contributed by atoms with van der Waals surface area (Å²) in [7, 11) is 5.53. The third kappa shape index (κ3) is 6.56. The predicted octanol–water partition coefficient (Wildman–Crippen LogP) is 2.73. The maximum absolute atomic E-state index is 11.6. The van der Waals surface area contributed by atoms with Crippen LogP contribution in [0.2, 0.25) is 5.02 Å². The van der Waals surface area contributed by atoms with Crippen molar-refractivity contribution in [1.82, 2.24) is 20.4 Å². The largest absolute Gasteiger partial charge is 0.453 e. The molecule has 1 aromatic rings. The number of aliphatic imine (C=N–C) groups is 1. The molecule has 2 N–H and O–H groups in total. The van der Waals surface area contributed by atoms with Crippen molar-refractivity contribution >= 4 is 23.7 Å². The first-order valence-corrected chi connectivity index (χ1v) is 10.1. The minimum Gasteiger partial charge on any atom is -0.453 e. The third-order valence-electron chi connectivity index (χ3n) is 4.91. The zero-order valence-electron chi connectivity index (χ0n) is 17.2. The second-order valence-corrected chi connectivity index (χ2v) is 7.56. The van der Waals surface area contributed by atoms with E-state index in [0.717, 1.165) is 30.4 Å². The second kappa shape index (κ2) is 11.1. The van der Waals surface area contributed by atoms with Crippen LogP contribution in [0.3, 0.4) is 0 Å². The fourth-order valence-electron chi connectivity index (χ4n) is 3.28. The molecule has 0 spiro atoms. The highest BCUT2D eigenvalue weighted by atomic mass is 35.5. The molecule has 2 rings (SSSR count). The smallest absolute Gasteiger partial charge is 0.409 e. The standard InChI is InChI=1S/C20H32ClN5O2/c1-5-22-19(24-17-10-12-26(13-11-17)20(27)28-4)23-14-18(25(2)3)15-6-8-16(21)9-7-15/h6-9,17-18H,5,10-14H2,1-4H3,(H2,22,23,24). The number of guanidine groups is 1. The molecule has 156 valence electrons. The molecule has 1 saturated heterocycles. The Morgan fingerprint density at radius 1 is 1.32 bits per heavy atom. The summed E-state index contributed by atoms with van der Waals surface area (Å²) in [6.07, 6.45) is 1.48. The van der Waals surface area contributed by atoms with E-state index in [1.165, 1.54) is 12.7 Å². The summed E-state index contributed by atoms with van der Waals surface area (Å²) < 4.78 is 4.80. The Bertz CT molecular complexity index is 643. The number of nitrogens with one attached hydrogen (secondary N) is 2. The molecule has 1 fully saturated rings. The predicted molar refractivity (Wildman–Crippen MR) is 114 cm³/mol. The van der Waals surface area contributed by atoms with E-state index in [-0.39, 0.29) is 18.2 Å². The van der Waals surface area contributed by atoms with Gasteiger partial charge in [0.25, 0.3) is 0 Å². The Hall–Kier alpha value is -1.99. The lowest BCUT2D eigenvalue weighted by molar-refractivity contribution is 0.111. The quantitative estimate of drug-likeness (QED) is 0.558. The maximum atomic E-state index is 11.6. The fraction of sp³-hybridized carbons (Fsp3) is 0.600. The van der Waals surface area contributed by atoms with Crippen molar-refractivity contribution in [1.29, 1.82) is 0 Å². The molecule has 0 aromatic heterocycles. The first kappa shape index (κ1) is 22.3. The molecule has 1 unspecified atom stereocenters. The van der Waals surface area contributed by atoms with E-state index in [2.05, 4.69) is 36.6 Å². The van der Waals surface area contributed by atoms with Crippen LogP contribution in [0.4, 0.5) is 4.79 Å². The van der Waals surface area contributed by atoms with Crippen molar-refractivity contribution in [2.24, 2.45) is 4.99 Å². The number of hydrogen-bond donors (Lipinski definition) is 2. The van der Waals surface area contributed by atoms with Gasteiger partial charge >= 0.3 is 6.09 Å². The number of hydrogen-bond acceptors (Lipinski definition) is 4. The number of ether oxygens (including phenoxy) is 1. The van der Waals surface area contributed by atoms with Crippen LogP contribution in [0.1, 0.15) is 31.4 Å². The van der Waals surface area contributed by atoms with E-state index < -0.39 is 0 Å². The van der Waals surface area contributed by atoms with Gasteiger partial charge in [-0.25, -0.2) is 4.79 Å². The first-order chi connectivity index (χ1) is 13.4. The number of halogens is 1. The SMILES string of the molecule is CCNC(=NCC(c1ccc(Cl)cc1)N(C)C)NC1CCN(C(=O)OC)CC1. The fourth-order valence-corrected chi connectivity index (χ4v) is 3.40. The van der Waals surface area contributed by atoms with E-state index in [1.54, 1.807) is 4.90 Å². The average molecular weight is 410 g/mol. The number of carbonyl (C=O) groups is 1. The topological polar surface area (TPSA) is 69.2 Å². The summed E-state index contributed by atoms with van der Waals surface area (Å²) in [6, 6.07) is 8.36. The Labute approximate surface area is 173 Å². The third-order valence-corrected chi connectivity index (χ3v) is 5.17. The molecule has 1 amide bonds. The molecular weight excluding hydrogens is 378 g/mol. The van der Waals surface area contributed by atoms with Crippen molar-refractivity contribution in [3.8, 4) is 0 Å². The number of benzene rings is 1. The van der Waals surface area contributed by atoms with Gasteiger partial charge in [0, 0.05) is 30.7 Å². The minimum atomic E-state index is -0.254. The average Bonchev–Trinajstić information content (AvgIpc) is 2.69. The highest BCUT2D eigenvalue weighted by molar-refractivity contribution is 6.30. The van der Waals surface area contributed by atoms with Gasteiger partial charge in [-0.3, -0.25) is 4.99 Å². The van der Waals surface area contributed by atoms with Gasteiger partial charge in [0.2, 0.25) is 0 Å². The second-order valence-electron chi connectivity index (χ2n) is 7.13. The van der Waals surface area contributed by atoms with Crippen molar-refractivity contribution < 1.29 is 9.53 Å². The van der Waals surface area contributed by atoms with E-state index in [4.69, 9.17) is 21.3 Å². The highest BCUT2D eigenvalue weighted by Gasteiger charge is 2.24. The van der Waals surface area contributed by atoms with Crippen LogP contribution in [-0.4, -0.2) is 75.3 Å². The Morgan fingerprint density at radius 3 is 2.50 bits per heavy atom. The summed E-state index contributed by atoms with van der Waals surface area (Å²) in [4.78, 5) is 20.3. The van der Waals surface area contributed by atoms with Crippen molar-refractivity contribution in [3.63, 3.8) is 0 Å².